The van der Waals surface area contributed by atoms with Crippen LogP contribution in [0.2, 0.25) is 0 Å². The maximum absolute atomic E-state index is 3.73. The Hall–Kier alpha value is -5.28. The summed E-state index contributed by atoms with van der Waals surface area (Å²) >= 11 is 0. The van der Waals surface area contributed by atoms with E-state index in [1.807, 2.05) is 0 Å². The summed E-state index contributed by atoms with van der Waals surface area (Å²) < 4.78 is 4.93. The number of aromatic nitrogens is 3. The second-order valence-electron chi connectivity index (χ2n) is 16.0. The van der Waals surface area contributed by atoms with Crippen LogP contribution >= 0.6 is 0 Å². The molecule has 0 unspecified atom stereocenters. The van der Waals surface area contributed by atoms with Gasteiger partial charge in [-0.1, -0.05) is 79.7 Å². The van der Waals surface area contributed by atoms with Crippen molar-refractivity contribution < 1.29 is 0 Å². The quantitative estimate of drug-likeness (QED) is 0.183. The van der Waals surface area contributed by atoms with Crippen LogP contribution in [-0.2, 0) is 0 Å². The summed E-state index contributed by atoms with van der Waals surface area (Å²) in [7, 11) is 0. The van der Waals surface area contributed by atoms with Crippen molar-refractivity contribution in [1.82, 2.24) is 14.1 Å². The molecule has 0 atom stereocenters. The van der Waals surface area contributed by atoms with Gasteiger partial charge in [-0.3, -0.25) is 0 Å². The number of hydrogen-bond donors (Lipinski definition) is 1. The number of rotatable bonds is 6. The van der Waals surface area contributed by atoms with E-state index in [4.69, 9.17) is 0 Å². The number of benzene rings is 6. The predicted molar refractivity (Wildman–Crippen MR) is 221 cm³/mol. The van der Waals surface area contributed by atoms with Gasteiger partial charge < -0.3 is 14.1 Å². The van der Waals surface area contributed by atoms with E-state index in [1.54, 1.807) is 0 Å². The van der Waals surface area contributed by atoms with E-state index >= 15 is 0 Å². The molecule has 0 spiro atoms. The predicted octanol–water partition coefficient (Wildman–Crippen LogP) is 14.0. The lowest BCUT2D eigenvalue weighted by Crippen LogP contribution is -1.95. The fourth-order valence-electron chi connectivity index (χ4n) is 8.26. The normalized spacial score (nSPS) is 12.6. The number of H-pyrrole nitrogens is 1. The molecule has 0 saturated carbocycles. The summed E-state index contributed by atoms with van der Waals surface area (Å²) in [5, 5.41) is 7.78. The van der Waals surface area contributed by atoms with Gasteiger partial charge in [0, 0.05) is 54.7 Å². The summed E-state index contributed by atoms with van der Waals surface area (Å²) in [6.45, 7) is 18.3. The van der Waals surface area contributed by atoms with E-state index in [0.29, 0.717) is 23.7 Å². The van der Waals surface area contributed by atoms with Gasteiger partial charge in [-0.25, -0.2) is 0 Å². The molecule has 3 heteroatoms. The van der Waals surface area contributed by atoms with Gasteiger partial charge in [0.15, 0.2) is 0 Å². The Morgan fingerprint density at radius 3 is 0.902 bits per heavy atom. The molecule has 3 heterocycles. The first-order valence-electron chi connectivity index (χ1n) is 18.8. The summed E-state index contributed by atoms with van der Waals surface area (Å²) in [5.74, 6) is 1.90. The summed E-state index contributed by atoms with van der Waals surface area (Å²) in [6.07, 6.45) is 0. The van der Waals surface area contributed by atoms with E-state index in [2.05, 4.69) is 179 Å². The molecule has 0 bridgehead atoms. The molecular weight excluding hydrogens is 619 g/mol. The van der Waals surface area contributed by atoms with Crippen LogP contribution < -0.4 is 0 Å². The largest absolute Gasteiger partial charge is 0.355 e. The van der Waals surface area contributed by atoms with Crippen molar-refractivity contribution in [2.75, 3.05) is 0 Å². The van der Waals surface area contributed by atoms with Crippen LogP contribution in [0.15, 0.2) is 109 Å². The first kappa shape index (κ1) is 31.7. The fourth-order valence-corrected chi connectivity index (χ4v) is 8.26. The molecule has 3 aromatic heterocycles. The SMILES string of the molecule is CC(C)c1ccc2c(c1)c1cc(C(C)C)ccc1n2-c1ccc2[nH]c3ccc(-n4c5ccc(C(C)C)cc5c5cc(C(C)C)ccc54)cc3c2c1. The molecule has 1 N–H and O–H groups in total. The van der Waals surface area contributed by atoms with Gasteiger partial charge in [0.25, 0.3) is 0 Å². The molecular formula is C48H47N3. The average Bonchev–Trinajstić information content (AvgIpc) is 3.77. The first-order valence-corrected chi connectivity index (χ1v) is 18.8. The highest BCUT2D eigenvalue weighted by Gasteiger charge is 2.19. The third kappa shape index (κ3) is 4.93. The lowest BCUT2D eigenvalue weighted by atomic mass is 9.98. The third-order valence-electron chi connectivity index (χ3n) is 11.4. The molecule has 0 fully saturated rings. The maximum atomic E-state index is 3.73. The summed E-state index contributed by atoms with van der Waals surface area (Å²) in [4.78, 5) is 3.73. The van der Waals surface area contributed by atoms with Gasteiger partial charge >= 0.3 is 0 Å². The Balaban J connectivity index is 1.27. The van der Waals surface area contributed by atoms with Crippen molar-refractivity contribution in [1.29, 1.82) is 0 Å². The Labute approximate surface area is 300 Å². The van der Waals surface area contributed by atoms with Gasteiger partial charge in [0.05, 0.1) is 22.1 Å². The zero-order chi connectivity index (χ0) is 35.3. The second kappa shape index (κ2) is 11.6. The van der Waals surface area contributed by atoms with E-state index < -0.39 is 0 Å². The third-order valence-corrected chi connectivity index (χ3v) is 11.4. The monoisotopic (exact) mass is 665 g/mol. The van der Waals surface area contributed by atoms with Crippen LogP contribution in [0.3, 0.4) is 0 Å². The smallest absolute Gasteiger partial charge is 0.0541 e. The van der Waals surface area contributed by atoms with Crippen LogP contribution in [0.1, 0.15) is 101 Å². The average molecular weight is 666 g/mol. The number of nitrogens with zero attached hydrogens (tertiary/aromatic N) is 2. The molecule has 3 nitrogen and oxygen atoms in total. The number of nitrogens with one attached hydrogen (secondary N) is 1. The second-order valence-corrected chi connectivity index (χ2v) is 16.0. The molecule has 9 rings (SSSR count). The molecule has 254 valence electrons. The summed E-state index contributed by atoms with van der Waals surface area (Å²) in [6, 6.07) is 42.0. The Morgan fingerprint density at radius 1 is 0.333 bits per heavy atom. The van der Waals surface area contributed by atoms with Gasteiger partial charge in [-0.05, 0) is 131 Å². The number of aromatic amines is 1. The minimum absolute atomic E-state index is 0.474. The molecule has 0 amide bonds. The van der Waals surface area contributed by atoms with Crippen LogP contribution in [0.5, 0.6) is 0 Å². The highest BCUT2D eigenvalue weighted by atomic mass is 15.0. The fraction of sp³-hybridized carbons (Fsp3) is 0.250. The highest BCUT2D eigenvalue weighted by Crippen LogP contribution is 2.39. The molecule has 51 heavy (non-hydrogen) atoms. The van der Waals surface area contributed by atoms with Gasteiger partial charge in [0.2, 0.25) is 0 Å². The first-order chi connectivity index (χ1) is 24.6. The van der Waals surface area contributed by atoms with Crippen LogP contribution in [0, 0.1) is 0 Å². The molecule has 0 radical (unpaired) electrons. The van der Waals surface area contributed by atoms with Gasteiger partial charge in [-0.2, -0.15) is 0 Å². The van der Waals surface area contributed by atoms with Crippen LogP contribution in [-0.4, -0.2) is 14.1 Å². The van der Waals surface area contributed by atoms with Crippen molar-refractivity contribution in [3.05, 3.63) is 131 Å². The van der Waals surface area contributed by atoms with Crippen molar-refractivity contribution in [3.8, 4) is 11.4 Å². The van der Waals surface area contributed by atoms with E-state index in [-0.39, 0.29) is 0 Å². The van der Waals surface area contributed by atoms with Gasteiger partial charge in [-0.15, -0.1) is 0 Å². The molecule has 0 aliphatic rings. The van der Waals surface area contributed by atoms with Gasteiger partial charge in [0.1, 0.15) is 0 Å². The molecule has 0 aliphatic carbocycles. The highest BCUT2D eigenvalue weighted by molar-refractivity contribution is 6.13. The molecule has 6 aromatic carbocycles. The van der Waals surface area contributed by atoms with Crippen LogP contribution in [0.4, 0.5) is 0 Å². The van der Waals surface area contributed by atoms with E-state index in [0.717, 1.165) is 11.0 Å². The van der Waals surface area contributed by atoms with Crippen molar-refractivity contribution in [2.24, 2.45) is 0 Å². The number of fused-ring (bicyclic) bond motifs is 9. The Bertz CT molecular complexity index is 2490. The lowest BCUT2D eigenvalue weighted by molar-refractivity contribution is 0.868. The molecule has 9 aromatic rings. The zero-order valence-electron chi connectivity index (χ0n) is 31.1. The standard InChI is InChI=1S/C48H47N3/c1-27(2)31-9-17-45-39(21-31)40-22-32(28(3)4)10-18-46(40)50(45)35-13-15-43-37(25-35)38-26-36(14-16-44(38)49-43)51-47-19-11-33(29(5)6)23-41(47)42-24-34(30(7)8)12-20-48(42)51/h9-30,49H,1-8H3. The molecule has 0 aliphatic heterocycles. The number of hydrogen-bond acceptors (Lipinski definition) is 0. The van der Waals surface area contributed by atoms with Crippen molar-refractivity contribution >= 4 is 65.4 Å². The Kier molecular flexibility index (Phi) is 7.23. The van der Waals surface area contributed by atoms with Crippen LogP contribution in [0.25, 0.3) is 76.8 Å². The lowest BCUT2D eigenvalue weighted by Gasteiger charge is -2.11. The molecule has 0 saturated heterocycles. The zero-order valence-corrected chi connectivity index (χ0v) is 31.1. The van der Waals surface area contributed by atoms with E-state index in [1.165, 1.54) is 88.0 Å². The van der Waals surface area contributed by atoms with E-state index in [9.17, 15) is 0 Å². The summed E-state index contributed by atoms with van der Waals surface area (Å²) in [5.41, 5.74) is 15.2. The Morgan fingerprint density at radius 2 is 0.627 bits per heavy atom. The van der Waals surface area contributed by atoms with Crippen molar-refractivity contribution in [3.63, 3.8) is 0 Å². The minimum Gasteiger partial charge on any atom is -0.355 e. The maximum Gasteiger partial charge on any atom is 0.0541 e. The van der Waals surface area contributed by atoms with Crippen molar-refractivity contribution in [2.45, 2.75) is 79.1 Å². The topological polar surface area (TPSA) is 25.6 Å². The minimum atomic E-state index is 0.474.